The normalized spacial score (nSPS) is 10.8. The number of carbonyl (C=O) groups excluding carboxylic acids is 1. The highest BCUT2D eigenvalue weighted by molar-refractivity contribution is 7.15. The number of carboxylic acids is 1. The van der Waals surface area contributed by atoms with E-state index >= 15 is 0 Å². The fourth-order valence-corrected chi connectivity index (χ4v) is 2.87. The smallest absolute Gasteiger partial charge is 0.328 e. The minimum atomic E-state index is -1.04. The first-order chi connectivity index (χ1) is 9.94. The van der Waals surface area contributed by atoms with E-state index in [1.807, 2.05) is 0 Å². The Morgan fingerprint density at radius 3 is 2.43 bits per heavy atom. The molecule has 0 aliphatic carbocycles. The number of aliphatic carboxylic acids is 1. The molecule has 0 aliphatic heterocycles. The summed E-state index contributed by atoms with van der Waals surface area (Å²) in [6.45, 7) is 0. The third-order valence-electron chi connectivity index (χ3n) is 2.36. The quantitative estimate of drug-likeness (QED) is 0.809. The maximum atomic E-state index is 12.1. The second-order valence-corrected chi connectivity index (χ2v) is 5.97. The van der Waals surface area contributed by atoms with Crippen molar-refractivity contribution < 1.29 is 14.7 Å². The fourth-order valence-electron chi connectivity index (χ4n) is 1.54. The summed E-state index contributed by atoms with van der Waals surface area (Å²) >= 11 is 12.9. The zero-order valence-electron chi connectivity index (χ0n) is 10.5. The molecule has 0 fully saturated rings. The third kappa shape index (κ3) is 4.60. The summed E-state index contributed by atoms with van der Waals surface area (Å²) in [7, 11) is 0. The first kappa shape index (κ1) is 15.6. The molecular formula is C14H9Cl2NO3S. The lowest BCUT2D eigenvalue weighted by Gasteiger charge is -2.04. The summed E-state index contributed by atoms with van der Waals surface area (Å²) in [4.78, 5) is 23.6. The lowest BCUT2D eigenvalue weighted by Crippen LogP contribution is -2.09. The molecule has 0 radical (unpaired) electrons. The molecule has 1 heterocycles. The van der Waals surface area contributed by atoms with Gasteiger partial charge in [0.05, 0.1) is 4.88 Å². The molecule has 0 spiro atoms. The Morgan fingerprint density at radius 1 is 1.14 bits per heavy atom. The highest BCUT2D eigenvalue weighted by Gasteiger charge is 2.09. The summed E-state index contributed by atoms with van der Waals surface area (Å²) in [5, 5.41) is 12.1. The predicted molar refractivity (Wildman–Crippen MR) is 85.4 cm³/mol. The van der Waals surface area contributed by atoms with E-state index in [1.165, 1.54) is 17.4 Å². The minimum absolute atomic E-state index is 0.312. The number of carbonyl (C=O) groups is 2. The SMILES string of the molecule is O=C(O)C=Cc1ccc(C(=O)Nc2cc(Cl)cc(Cl)c2)s1. The largest absolute Gasteiger partial charge is 0.478 e. The Morgan fingerprint density at radius 2 is 1.81 bits per heavy atom. The predicted octanol–water partition coefficient (Wildman–Crippen LogP) is 4.41. The van der Waals surface area contributed by atoms with Crippen LogP contribution in [0.25, 0.3) is 6.08 Å². The van der Waals surface area contributed by atoms with Gasteiger partial charge in [-0.3, -0.25) is 4.79 Å². The zero-order valence-corrected chi connectivity index (χ0v) is 12.8. The van der Waals surface area contributed by atoms with Gasteiger partial charge in [-0.05, 0) is 36.4 Å². The number of anilines is 1. The van der Waals surface area contributed by atoms with Gasteiger partial charge in [0.25, 0.3) is 5.91 Å². The number of amides is 1. The molecule has 0 saturated heterocycles. The van der Waals surface area contributed by atoms with Crippen LogP contribution in [0.15, 0.2) is 36.4 Å². The fraction of sp³-hybridized carbons (Fsp3) is 0. The summed E-state index contributed by atoms with van der Waals surface area (Å²) in [6.07, 6.45) is 2.45. The Hall–Kier alpha value is -1.82. The van der Waals surface area contributed by atoms with E-state index in [4.69, 9.17) is 28.3 Å². The number of benzene rings is 1. The minimum Gasteiger partial charge on any atom is -0.478 e. The Labute approximate surface area is 134 Å². The second kappa shape index (κ2) is 6.76. The van der Waals surface area contributed by atoms with Crippen molar-refractivity contribution in [1.82, 2.24) is 0 Å². The molecule has 0 bridgehead atoms. The number of hydrogen-bond donors (Lipinski definition) is 2. The molecule has 1 aromatic heterocycles. The van der Waals surface area contributed by atoms with E-state index < -0.39 is 5.97 Å². The standard InChI is InChI=1S/C14H9Cl2NO3S/c15-8-5-9(16)7-10(6-8)17-14(20)12-3-1-11(21-12)2-4-13(18)19/h1-7H,(H,17,20)(H,18,19). The van der Waals surface area contributed by atoms with E-state index in [0.29, 0.717) is 25.5 Å². The van der Waals surface area contributed by atoms with Crippen LogP contribution in [0, 0.1) is 0 Å². The highest BCUT2D eigenvalue weighted by Crippen LogP contribution is 2.24. The van der Waals surface area contributed by atoms with Crippen molar-refractivity contribution in [3.63, 3.8) is 0 Å². The Bertz CT molecular complexity index is 705. The van der Waals surface area contributed by atoms with Gasteiger partial charge in [-0.2, -0.15) is 0 Å². The summed E-state index contributed by atoms with van der Waals surface area (Å²) < 4.78 is 0. The van der Waals surface area contributed by atoms with Gasteiger partial charge in [0.15, 0.2) is 0 Å². The zero-order chi connectivity index (χ0) is 15.4. The van der Waals surface area contributed by atoms with Crippen LogP contribution in [0.5, 0.6) is 0 Å². The van der Waals surface area contributed by atoms with E-state index in [2.05, 4.69) is 5.32 Å². The van der Waals surface area contributed by atoms with E-state index in [9.17, 15) is 9.59 Å². The number of nitrogens with one attached hydrogen (secondary N) is 1. The molecule has 0 saturated carbocycles. The average Bonchev–Trinajstić information content (AvgIpc) is 2.83. The van der Waals surface area contributed by atoms with Crippen molar-refractivity contribution in [3.05, 3.63) is 56.2 Å². The van der Waals surface area contributed by atoms with Gasteiger partial charge in [-0.1, -0.05) is 23.2 Å². The van der Waals surface area contributed by atoms with Crippen LogP contribution in [0.2, 0.25) is 10.0 Å². The third-order valence-corrected chi connectivity index (χ3v) is 3.85. The van der Waals surface area contributed by atoms with E-state index in [-0.39, 0.29) is 5.91 Å². The molecule has 108 valence electrons. The second-order valence-electron chi connectivity index (χ2n) is 3.99. The number of thiophene rings is 1. The van der Waals surface area contributed by atoms with Crippen molar-refractivity contribution in [2.24, 2.45) is 0 Å². The van der Waals surface area contributed by atoms with Crippen LogP contribution in [0.4, 0.5) is 5.69 Å². The van der Waals surface area contributed by atoms with E-state index in [1.54, 1.807) is 30.3 Å². The van der Waals surface area contributed by atoms with Gasteiger partial charge < -0.3 is 10.4 Å². The van der Waals surface area contributed by atoms with Crippen LogP contribution in [0.1, 0.15) is 14.5 Å². The Balaban J connectivity index is 2.11. The molecular weight excluding hydrogens is 333 g/mol. The van der Waals surface area contributed by atoms with Crippen molar-refractivity contribution in [2.45, 2.75) is 0 Å². The summed E-state index contributed by atoms with van der Waals surface area (Å²) in [5.41, 5.74) is 0.494. The van der Waals surface area contributed by atoms with E-state index in [0.717, 1.165) is 6.08 Å². The van der Waals surface area contributed by atoms with Gasteiger partial charge in [-0.15, -0.1) is 11.3 Å². The van der Waals surface area contributed by atoms with Crippen LogP contribution in [-0.4, -0.2) is 17.0 Å². The number of rotatable bonds is 4. The lowest BCUT2D eigenvalue weighted by atomic mass is 10.3. The maximum Gasteiger partial charge on any atom is 0.328 e. The molecule has 2 N–H and O–H groups in total. The van der Waals surface area contributed by atoms with Crippen LogP contribution in [0.3, 0.4) is 0 Å². The number of carboxylic acid groups (broad SMARTS) is 1. The van der Waals surface area contributed by atoms with Crippen molar-refractivity contribution in [1.29, 1.82) is 0 Å². The van der Waals surface area contributed by atoms with Crippen molar-refractivity contribution in [2.75, 3.05) is 5.32 Å². The topological polar surface area (TPSA) is 66.4 Å². The molecule has 1 amide bonds. The molecule has 1 aromatic carbocycles. The molecule has 21 heavy (non-hydrogen) atoms. The van der Waals surface area contributed by atoms with Crippen LogP contribution in [-0.2, 0) is 4.79 Å². The highest BCUT2D eigenvalue weighted by atomic mass is 35.5. The maximum absolute atomic E-state index is 12.1. The molecule has 7 heteroatoms. The van der Waals surface area contributed by atoms with Crippen molar-refractivity contribution >= 4 is 58.2 Å². The van der Waals surface area contributed by atoms with Gasteiger partial charge in [0.2, 0.25) is 0 Å². The molecule has 0 unspecified atom stereocenters. The summed E-state index contributed by atoms with van der Waals surface area (Å²) in [6, 6.07) is 8.03. The van der Waals surface area contributed by atoms with Crippen molar-refractivity contribution in [3.8, 4) is 0 Å². The molecule has 0 atom stereocenters. The number of hydrogen-bond acceptors (Lipinski definition) is 3. The van der Waals surface area contributed by atoms with Gasteiger partial charge in [-0.25, -0.2) is 4.79 Å². The summed E-state index contributed by atoms with van der Waals surface area (Å²) in [5.74, 6) is -1.35. The molecule has 4 nitrogen and oxygen atoms in total. The molecule has 2 rings (SSSR count). The lowest BCUT2D eigenvalue weighted by molar-refractivity contribution is -0.131. The Kier molecular flexibility index (Phi) is 5.01. The first-order valence-electron chi connectivity index (χ1n) is 5.72. The number of halogens is 2. The first-order valence-corrected chi connectivity index (χ1v) is 7.29. The monoisotopic (exact) mass is 341 g/mol. The molecule has 2 aromatic rings. The van der Waals surface area contributed by atoms with Gasteiger partial charge in [0, 0.05) is 26.7 Å². The molecule has 0 aliphatic rings. The average molecular weight is 342 g/mol. The van der Waals surface area contributed by atoms with Crippen LogP contribution < -0.4 is 5.32 Å². The van der Waals surface area contributed by atoms with Gasteiger partial charge in [0.1, 0.15) is 0 Å². The van der Waals surface area contributed by atoms with Crippen LogP contribution >= 0.6 is 34.5 Å². The van der Waals surface area contributed by atoms with Gasteiger partial charge >= 0.3 is 5.97 Å².